The summed E-state index contributed by atoms with van der Waals surface area (Å²) in [7, 11) is 0. The first-order chi connectivity index (χ1) is 9.63. The van der Waals surface area contributed by atoms with Gasteiger partial charge in [0.15, 0.2) is 0 Å². The Labute approximate surface area is 123 Å². The van der Waals surface area contributed by atoms with Crippen LogP contribution in [0.4, 0.5) is 10.1 Å². The van der Waals surface area contributed by atoms with Crippen molar-refractivity contribution in [3.05, 3.63) is 64.4 Å². The predicted octanol–water partition coefficient (Wildman–Crippen LogP) is 5.35. The van der Waals surface area contributed by atoms with Crippen LogP contribution in [-0.4, -0.2) is 0 Å². The predicted molar refractivity (Wildman–Crippen MR) is 81.7 cm³/mol. The second-order valence-corrected chi connectivity index (χ2v) is 5.93. The van der Waals surface area contributed by atoms with Crippen LogP contribution in [0, 0.1) is 18.7 Å². The monoisotopic (exact) mass is 289 g/mol. The molecule has 1 saturated carbocycles. The number of nitrogens with one attached hydrogen (secondary N) is 1. The quantitative estimate of drug-likeness (QED) is 0.800. The molecule has 0 heterocycles. The van der Waals surface area contributed by atoms with Gasteiger partial charge in [-0.15, -0.1) is 0 Å². The van der Waals surface area contributed by atoms with Crippen LogP contribution in [0.5, 0.6) is 0 Å². The normalized spacial score (nSPS) is 15.9. The molecule has 0 amide bonds. The molecule has 0 spiro atoms. The topological polar surface area (TPSA) is 12.0 Å². The van der Waals surface area contributed by atoms with Crippen LogP contribution >= 0.6 is 11.6 Å². The summed E-state index contributed by atoms with van der Waals surface area (Å²) < 4.78 is 13.9. The van der Waals surface area contributed by atoms with Crippen LogP contribution in [0.15, 0.2) is 42.5 Å². The van der Waals surface area contributed by atoms with Crippen molar-refractivity contribution in [2.75, 3.05) is 5.32 Å². The van der Waals surface area contributed by atoms with Gasteiger partial charge in [-0.3, -0.25) is 0 Å². The van der Waals surface area contributed by atoms with Crippen molar-refractivity contribution in [3.63, 3.8) is 0 Å². The van der Waals surface area contributed by atoms with Gasteiger partial charge in [0.05, 0.1) is 11.7 Å². The van der Waals surface area contributed by atoms with Gasteiger partial charge < -0.3 is 5.32 Å². The van der Waals surface area contributed by atoms with Gasteiger partial charge in [0.1, 0.15) is 5.82 Å². The highest BCUT2D eigenvalue weighted by Gasteiger charge is 2.32. The molecule has 104 valence electrons. The Morgan fingerprint density at radius 1 is 1.15 bits per heavy atom. The zero-order valence-electron chi connectivity index (χ0n) is 11.4. The molecule has 1 nitrogen and oxygen atoms in total. The Bertz CT molecular complexity index is 605. The van der Waals surface area contributed by atoms with E-state index in [-0.39, 0.29) is 11.9 Å². The fraction of sp³-hybridized carbons (Fsp3) is 0.294. The summed E-state index contributed by atoms with van der Waals surface area (Å²) in [4.78, 5) is 0. The van der Waals surface area contributed by atoms with Crippen LogP contribution < -0.4 is 5.32 Å². The van der Waals surface area contributed by atoms with Gasteiger partial charge in [0, 0.05) is 5.02 Å². The first-order valence-corrected chi connectivity index (χ1v) is 7.29. The Hall–Kier alpha value is -1.54. The summed E-state index contributed by atoms with van der Waals surface area (Å²) in [6.45, 7) is 2.07. The average Bonchev–Trinajstić information content (AvgIpc) is 3.24. The molecule has 1 fully saturated rings. The zero-order chi connectivity index (χ0) is 14.1. The molecule has 3 heteroatoms. The van der Waals surface area contributed by atoms with Gasteiger partial charge in [-0.1, -0.05) is 41.4 Å². The van der Waals surface area contributed by atoms with E-state index in [1.165, 1.54) is 30.0 Å². The van der Waals surface area contributed by atoms with E-state index in [1.807, 2.05) is 0 Å². The van der Waals surface area contributed by atoms with Gasteiger partial charge in [-0.25, -0.2) is 4.39 Å². The molecule has 0 radical (unpaired) electrons. The molecule has 3 rings (SSSR count). The number of rotatable bonds is 4. The molecule has 0 bridgehead atoms. The summed E-state index contributed by atoms with van der Waals surface area (Å²) >= 11 is 5.80. The third-order valence-corrected chi connectivity index (χ3v) is 4.01. The standard InChI is InChI=1S/C17H17ClFN/c1-11-2-4-12(5-3-11)17(13-6-7-13)20-16-9-8-14(18)10-15(16)19/h2-5,8-10,13,17,20H,6-7H2,1H3. The minimum Gasteiger partial charge on any atom is -0.376 e. The lowest BCUT2D eigenvalue weighted by Crippen LogP contribution is -2.13. The maximum Gasteiger partial charge on any atom is 0.147 e. The number of hydrogen-bond donors (Lipinski definition) is 1. The van der Waals surface area contributed by atoms with Gasteiger partial charge >= 0.3 is 0 Å². The molecule has 1 unspecified atom stereocenters. The van der Waals surface area contributed by atoms with Gasteiger partial charge in [-0.2, -0.15) is 0 Å². The summed E-state index contributed by atoms with van der Waals surface area (Å²) in [5, 5.41) is 3.76. The molecule has 1 atom stereocenters. The summed E-state index contributed by atoms with van der Waals surface area (Å²) in [6, 6.07) is 13.4. The van der Waals surface area contributed by atoms with E-state index in [9.17, 15) is 4.39 Å². The van der Waals surface area contributed by atoms with Crippen LogP contribution in [0.2, 0.25) is 5.02 Å². The average molecular weight is 290 g/mol. The van der Waals surface area contributed by atoms with Crippen molar-refractivity contribution in [3.8, 4) is 0 Å². The lowest BCUT2D eigenvalue weighted by molar-refractivity contribution is 0.616. The van der Waals surface area contributed by atoms with E-state index in [0.29, 0.717) is 16.6 Å². The van der Waals surface area contributed by atoms with Crippen LogP contribution in [0.1, 0.15) is 30.0 Å². The fourth-order valence-corrected chi connectivity index (χ4v) is 2.61. The van der Waals surface area contributed by atoms with E-state index >= 15 is 0 Å². The van der Waals surface area contributed by atoms with Crippen molar-refractivity contribution in [2.24, 2.45) is 5.92 Å². The van der Waals surface area contributed by atoms with Crippen molar-refractivity contribution >= 4 is 17.3 Å². The Morgan fingerprint density at radius 3 is 2.45 bits per heavy atom. The van der Waals surface area contributed by atoms with Crippen LogP contribution in [0.25, 0.3) is 0 Å². The Kier molecular flexibility index (Phi) is 3.66. The first kappa shape index (κ1) is 13.4. The van der Waals surface area contributed by atoms with Gasteiger partial charge in [-0.05, 0) is 49.4 Å². The van der Waals surface area contributed by atoms with Crippen molar-refractivity contribution in [2.45, 2.75) is 25.8 Å². The van der Waals surface area contributed by atoms with Crippen molar-refractivity contribution < 1.29 is 4.39 Å². The lowest BCUT2D eigenvalue weighted by Gasteiger charge is -2.21. The first-order valence-electron chi connectivity index (χ1n) is 6.91. The molecule has 20 heavy (non-hydrogen) atoms. The lowest BCUT2D eigenvalue weighted by atomic mass is 10.0. The van der Waals surface area contributed by atoms with Crippen LogP contribution in [0.3, 0.4) is 0 Å². The van der Waals surface area contributed by atoms with E-state index < -0.39 is 0 Å². The summed E-state index contributed by atoms with van der Waals surface area (Å²) in [5.74, 6) is 0.294. The maximum atomic E-state index is 13.9. The second kappa shape index (κ2) is 5.45. The summed E-state index contributed by atoms with van der Waals surface area (Å²) in [6.07, 6.45) is 2.39. The molecule has 0 saturated heterocycles. The van der Waals surface area contributed by atoms with Gasteiger partial charge in [0.25, 0.3) is 0 Å². The third-order valence-electron chi connectivity index (χ3n) is 3.77. The highest BCUT2D eigenvalue weighted by Crippen LogP contribution is 2.43. The number of hydrogen-bond acceptors (Lipinski definition) is 1. The smallest absolute Gasteiger partial charge is 0.147 e. The fourth-order valence-electron chi connectivity index (χ4n) is 2.45. The molecule has 1 N–H and O–H groups in total. The second-order valence-electron chi connectivity index (χ2n) is 5.49. The highest BCUT2D eigenvalue weighted by molar-refractivity contribution is 6.30. The van der Waals surface area contributed by atoms with E-state index in [0.717, 1.165) is 0 Å². The molecule has 2 aromatic carbocycles. The molecule has 1 aliphatic carbocycles. The third kappa shape index (κ3) is 2.96. The maximum absolute atomic E-state index is 13.9. The molecular formula is C17H17ClFN. The SMILES string of the molecule is Cc1ccc(C(Nc2ccc(Cl)cc2F)C2CC2)cc1. The molecule has 1 aliphatic rings. The van der Waals surface area contributed by atoms with Crippen LogP contribution in [-0.2, 0) is 0 Å². The molecule has 0 aliphatic heterocycles. The van der Waals surface area contributed by atoms with Gasteiger partial charge in [0.2, 0.25) is 0 Å². The minimum atomic E-state index is -0.296. The molecule has 0 aromatic heterocycles. The highest BCUT2D eigenvalue weighted by atomic mass is 35.5. The summed E-state index contributed by atoms with van der Waals surface area (Å²) in [5.41, 5.74) is 2.97. The van der Waals surface area contributed by atoms with E-state index in [4.69, 9.17) is 11.6 Å². The number of halogens is 2. The Morgan fingerprint density at radius 2 is 1.85 bits per heavy atom. The Balaban J connectivity index is 1.86. The molecule has 2 aromatic rings. The largest absolute Gasteiger partial charge is 0.376 e. The number of benzene rings is 2. The zero-order valence-corrected chi connectivity index (χ0v) is 12.1. The van der Waals surface area contributed by atoms with E-state index in [1.54, 1.807) is 12.1 Å². The number of anilines is 1. The molecular weight excluding hydrogens is 273 g/mol. The number of aryl methyl sites for hydroxylation is 1. The van der Waals surface area contributed by atoms with Crippen molar-refractivity contribution in [1.29, 1.82) is 0 Å². The minimum absolute atomic E-state index is 0.172. The van der Waals surface area contributed by atoms with Crippen molar-refractivity contribution in [1.82, 2.24) is 0 Å². The van der Waals surface area contributed by atoms with E-state index in [2.05, 4.69) is 36.5 Å².